The van der Waals surface area contributed by atoms with Crippen molar-refractivity contribution in [2.45, 2.75) is 26.3 Å². The highest BCUT2D eigenvalue weighted by Crippen LogP contribution is 2.23. The summed E-state index contributed by atoms with van der Waals surface area (Å²) in [5.41, 5.74) is 2.78. The first-order valence-corrected chi connectivity index (χ1v) is 5.91. The maximum atomic E-state index is 3.52. The maximum absolute atomic E-state index is 3.52. The zero-order valence-corrected chi connectivity index (χ0v) is 9.66. The monoisotopic (exact) mass is 204 g/mol. The van der Waals surface area contributed by atoms with Crippen molar-refractivity contribution in [1.82, 2.24) is 4.90 Å². The molecule has 1 aromatic carbocycles. The molecule has 0 spiro atoms. The predicted molar refractivity (Wildman–Crippen MR) is 65.3 cm³/mol. The number of anilines is 1. The normalized spacial score (nSPS) is 19.8. The quantitative estimate of drug-likeness (QED) is 0.813. The molecule has 0 aromatic heterocycles. The van der Waals surface area contributed by atoms with Crippen molar-refractivity contribution in [1.29, 1.82) is 0 Å². The lowest BCUT2D eigenvalue weighted by Crippen LogP contribution is -2.43. The van der Waals surface area contributed by atoms with Crippen LogP contribution in [-0.4, -0.2) is 30.6 Å². The van der Waals surface area contributed by atoms with Gasteiger partial charge in [0.25, 0.3) is 0 Å². The lowest BCUT2D eigenvalue weighted by molar-refractivity contribution is 0.221. The number of hydrogen-bond acceptors (Lipinski definition) is 2. The van der Waals surface area contributed by atoms with Crippen LogP contribution in [0.25, 0.3) is 0 Å². The molecule has 0 saturated heterocycles. The van der Waals surface area contributed by atoms with Crippen LogP contribution in [-0.2, 0) is 6.42 Å². The fourth-order valence-electron chi connectivity index (χ4n) is 2.42. The van der Waals surface area contributed by atoms with Crippen molar-refractivity contribution in [3.05, 3.63) is 29.8 Å². The molecule has 0 aliphatic carbocycles. The summed E-state index contributed by atoms with van der Waals surface area (Å²) in [4.78, 5) is 2.53. The van der Waals surface area contributed by atoms with E-state index in [0.29, 0.717) is 6.04 Å². The number of fused-ring (bicyclic) bond motifs is 1. The summed E-state index contributed by atoms with van der Waals surface area (Å²) in [6.45, 7) is 7.85. The van der Waals surface area contributed by atoms with Gasteiger partial charge in [-0.25, -0.2) is 0 Å². The Labute approximate surface area is 92.3 Å². The van der Waals surface area contributed by atoms with Gasteiger partial charge in [0.05, 0.1) is 0 Å². The van der Waals surface area contributed by atoms with E-state index in [0.717, 1.165) is 19.6 Å². The predicted octanol–water partition coefficient (Wildman–Crippen LogP) is 2.37. The molecule has 15 heavy (non-hydrogen) atoms. The summed E-state index contributed by atoms with van der Waals surface area (Å²) in [5, 5.41) is 3.52. The highest BCUT2D eigenvalue weighted by molar-refractivity contribution is 5.53. The van der Waals surface area contributed by atoms with Crippen molar-refractivity contribution in [2.24, 2.45) is 0 Å². The number of rotatable bonds is 3. The van der Waals surface area contributed by atoms with Gasteiger partial charge in [0.1, 0.15) is 0 Å². The van der Waals surface area contributed by atoms with Gasteiger partial charge in [-0.1, -0.05) is 32.0 Å². The van der Waals surface area contributed by atoms with Crippen LogP contribution in [0.3, 0.4) is 0 Å². The molecule has 82 valence electrons. The van der Waals surface area contributed by atoms with Crippen LogP contribution in [0.15, 0.2) is 24.3 Å². The van der Waals surface area contributed by atoms with Gasteiger partial charge in [0.2, 0.25) is 0 Å². The molecule has 0 fully saturated rings. The van der Waals surface area contributed by atoms with E-state index in [1.54, 1.807) is 0 Å². The van der Waals surface area contributed by atoms with E-state index in [1.807, 2.05) is 0 Å². The highest BCUT2D eigenvalue weighted by Gasteiger charge is 2.21. The zero-order chi connectivity index (χ0) is 10.7. The van der Waals surface area contributed by atoms with Crippen molar-refractivity contribution >= 4 is 5.69 Å². The van der Waals surface area contributed by atoms with Gasteiger partial charge in [-0.2, -0.15) is 0 Å². The number of para-hydroxylation sites is 1. The molecule has 1 heterocycles. The number of nitrogens with zero attached hydrogens (tertiary/aromatic N) is 1. The van der Waals surface area contributed by atoms with Crippen molar-refractivity contribution < 1.29 is 0 Å². The topological polar surface area (TPSA) is 15.3 Å². The summed E-state index contributed by atoms with van der Waals surface area (Å²) in [7, 11) is 0. The third-order valence-corrected chi connectivity index (χ3v) is 3.33. The Morgan fingerprint density at radius 2 is 2.00 bits per heavy atom. The second-order valence-corrected chi connectivity index (χ2v) is 4.12. The van der Waals surface area contributed by atoms with Crippen molar-refractivity contribution in [2.75, 3.05) is 25.0 Å². The first-order chi connectivity index (χ1) is 7.35. The second kappa shape index (κ2) is 4.67. The Bertz CT molecular complexity index is 318. The zero-order valence-electron chi connectivity index (χ0n) is 9.66. The Kier molecular flexibility index (Phi) is 3.27. The third kappa shape index (κ3) is 2.15. The minimum Gasteiger partial charge on any atom is -0.383 e. The Morgan fingerprint density at radius 3 is 2.73 bits per heavy atom. The van der Waals surface area contributed by atoms with Gasteiger partial charge in [-0.3, -0.25) is 4.90 Å². The summed E-state index contributed by atoms with van der Waals surface area (Å²) in [5.74, 6) is 0. The SMILES string of the molecule is CCN(CC)C1CNc2ccccc2C1. The maximum Gasteiger partial charge on any atom is 0.0373 e. The van der Waals surface area contributed by atoms with E-state index in [1.165, 1.54) is 17.7 Å². The summed E-state index contributed by atoms with van der Waals surface area (Å²) in [6, 6.07) is 9.30. The smallest absolute Gasteiger partial charge is 0.0373 e. The Morgan fingerprint density at radius 1 is 1.27 bits per heavy atom. The summed E-state index contributed by atoms with van der Waals surface area (Å²) < 4.78 is 0. The molecule has 1 atom stereocenters. The largest absolute Gasteiger partial charge is 0.383 e. The molecular formula is C13H20N2. The number of benzene rings is 1. The lowest BCUT2D eigenvalue weighted by Gasteiger charge is -2.34. The Balaban J connectivity index is 2.11. The summed E-state index contributed by atoms with van der Waals surface area (Å²) >= 11 is 0. The van der Waals surface area contributed by atoms with Gasteiger partial charge < -0.3 is 5.32 Å². The van der Waals surface area contributed by atoms with E-state index in [9.17, 15) is 0 Å². The summed E-state index contributed by atoms with van der Waals surface area (Å²) in [6.07, 6.45) is 1.19. The highest BCUT2D eigenvalue weighted by atomic mass is 15.2. The van der Waals surface area contributed by atoms with Crippen molar-refractivity contribution in [3.8, 4) is 0 Å². The number of hydrogen-bond donors (Lipinski definition) is 1. The van der Waals surface area contributed by atoms with E-state index in [2.05, 4.69) is 48.3 Å². The fourth-order valence-corrected chi connectivity index (χ4v) is 2.42. The van der Waals surface area contributed by atoms with Crippen LogP contribution >= 0.6 is 0 Å². The Hall–Kier alpha value is -1.02. The molecule has 2 nitrogen and oxygen atoms in total. The van der Waals surface area contributed by atoms with Crippen LogP contribution in [0.4, 0.5) is 5.69 Å². The molecule has 2 rings (SSSR count). The first kappa shape index (κ1) is 10.5. The first-order valence-electron chi connectivity index (χ1n) is 5.91. The molecule has 0 bridgehead atoms. The molecule has 1 aromatic rings. The van der Waals surface area contributed by atoms with E-state index < -0.39 is 0 Å². The van der Waals surface area contributed by atoms with E-state index in [-0.39, 0.29) is 0 Å². The standard InChI is InChI=1S/C13H20N2/c1-3-15(4-2)12-9-11-7-5-6-8-13(11)14-10-12/h5-8,12,14H,3-4,9-10H2,1-2H3. The van der Waals surface area contributed by atoms with Crippen LogP contribution in [0.5, 0.6) is 0 Å². The fraction of sp³-hybridized carbons (Fsp3) is 0.538. The third-order valence-electron chi connectivity index (χ3n) is 3.33. The molecule has 0 radical (unpaired) electrons. The van der Waals surface area contributed by atoms with Crippen molar-refractivity contribution in [3.63, 3.8) is 0 Å². The minimum atomic E-state index is 0.662. The number of likely N-dealkylation sites (N-methyl/N-ethyl adjacent to an activating group) is 1. The van der Waals surface area contributed by atoms with Crippen LogP contribution < -0.4 is 5.32 Å². The van der Waals surface area contributed by atoms with Gasteiger partial charge in [-0.05, 0) is 31.1 Å². The molecule has 2 heteroatoms. The molecule has 0 saturated carbocycles. The van der Waals surface area contributed by atoms with Crippen LogP contribution in [0.2, 0.25) is 0 Å². The van der Waals surface area contributed by atoms with Gasteiger partial charge >= 0.3 is 0 Å². The lowest BCUT2D eigenvalue weighted by atomic mass is 9.98. The minimum absolute atomic E-state index is 0.662. The van der Waals surface area contributed by atoms with Gasteiger partial charge in [0, 0.05) is 18.3 Å². The second-order valence-electron chi connectivity index (χ2n) is 4.12. The molecule has 1 aliphatic rings. The van der Waals surface area contributed by atoms with E-state index in [4.69, 9.17) is 0 Å². The van der Waals surface area contributed by atoms with Crippen LogP contribution in [0.1, 0.15) is 19.4 Å². The van der Waals surface area contributed by atoms with Gasteiger partial charge in [-0.15, -0.1) is 0 Å². The van der Waals surface area contributed by atoms with E-state index >= 15 is 0 Å². The molecule has 0 amide bonds. The van der Waals surface area contributed by atoms with Crippen LogP contribution in [0, 0.1) is 0 Å². The van der Waals surface area contributed by atoms with Gasteiger partial charge in [0.15, 0.2) is 0 Å². The average Bonchev–Trinajstić information content (AvgIpc) is 2.30. The molecule has 1 unspecified atom stereocenters. The molecule has 1 aliphatic heterocycles. The number of nitrogens with one attached hydrogen (secondary N) is 1. The molecular weight excluding hydrogens is 184 g/mol. The average molecular weight is 204 g/mol. The molecule has 1 N–H and O–H groups in total.